The van der Waals surface area contributed by atoms with E-state index in [1.54, 1.807) is 7.11 Å². The molecule has 3 fully saturated rings. The van der Waals surface area contributed by atoms with Crippen LogP contribution in [0.2, 0.25) is 0 Å². The number of methoxy groups -OCH3 is 1. The Balaban J connectivity index is 1.36. The molecule has 188 valence electrons. The fraction of sp³-hybridized carbons (Fsp3) is 0.692. The largest absolute Gasteiger partial charge is 0.383 e. The van der Waals surface area contributed by atoms with Crippen LogP contribution in [-0.2, 0) is 20.9 Å². The van der Waals surface area contributed by atoms with Crippen LogP contribution in [0.3, 0.4) is 0 Å². The molecule has 3 heterocycles. The third kappa shape index (κ3) is 5.39. The molecule has 0 spiro atoms. The Morgan fingerprint density at radius 2 is 1.91 bits per heavy atom. The zero-order valence-corrected chi connectivity index (χ0v) is 21.2. The Kier molecular flexibility index (Phi) is 8.11. The first-order valence-corrected chi connectivity index (χ1v) is 12.7. The highest BCUT2D eigenvalue weighted by Gasteiger charge is 2.45. The number of amides is 2. The number of nitrogens with one attached hydrogen (secondary N) is 1. The van der Waals surface area contributed by atoms with Crippen molar-refractivity contribution in [2.24, 2.45) is 0 Å². The van der Waals surface area contributed by atoms with Gasteiger partial charge in [-0.25, -0.2) is 0 Å². The molecule has 8 nitrogen and oxygen atoms in total. The Hall–Kier alpha value is -2.16. The summed E-state index contributed by atoms with van der Waals surface area (Å²) in [5.74, 6) is 0.335. The highest BCUT2D eigenvalue weighted by Crippen LogP contribution is 2.29. The minimum absolute atomic E-state index is 0.118. The van der Waals surface area contributed by atoms with E-state index in [2.05, 4.69) is 51.3 Å². The van der Waals surface area contributed by atoms with Crippen molar-refractivity contribution in [3.8, 4) is 0 Å². The summed E-state index contributed by atoms with van der Waals surface area (Å²) in [5, 5.41) is 3.18. The van der Waals surface area contributed by atoms with Crippen LogP contribution in [0.15, 0.2) is 24.3 Å². The van der Waals surface area contributed by atoms with Gasteiger partial charge in [0.1, 0.15) is 6.04 Å². The zero-order chi connectivity index (χ0) is 24.2. The Morgan fingerprint density at radius 3 is 2.62 bits per heavy atom. The molecule has 3 saturated heterocycles. The fourth-order valence-corrected chi connectivity index (χ4v) is 5.92. The number of ether oxygens (including phenoxy) is 1. The number of carbonyl (C=O) groups excluding carboxylic acids is 2. The van der Waals surface area contributed by atoms with Gasteiger partial charge >= 0.3 is 0 Å². The lowest BCUT2D eigenvalue weighted by Crippen LogP contribution is -2.49. The highest BCUT2D eigenvalue weighted by molar-refractivity contribution is 5.83. The van der Waals surface area contributed by atoms with E-state index in [0.29, 0.717) is 19.6 Å². The third-order valence-electron chi connectivity index (χ3n) is 7.94. The number of hydrogen-bond acceptors (Lipinski definition) is 6. The minimum Gasteiger partial charge on any atom is -0.383 e. The van der Waals surface area contributed by atoms with Crippen molar-refractivity contribution >= 4 is 17.5 Å². The molecule has 4 atom stereocenters. The van der Waals surface area contributed by atoms with Gasteiger partial charge in [-0.2, -0.15) is 0 Å². The minimum atomic E-state index is -0.149. The maximum absolute atomic E-state index is 13.1. The van der Waals surface area contributed by atoms with Crippen LogP contribution in [0.25, 0.3) is 0 Å². The first-order chi connectivity index (χ1) is 16.4. The molecule has 0 aliphatic carbocycles. The number of fused-ring (bicyclic) bond motifs is 1. The van der Waals surface area contributed by atoms with Crippen molar-refractivity contribution < 1.29 is 14.3 Å². The number of nitrogens with zero attached hydrogens (tertiary/aromatic N) is 4. The van der Waals surface area contributed by atoms with Crippen LogP contribution >= 0.6 is 0 Å². The third-order valence-corrected chi connectivity index (χ3v) is 7.94. The molecule has 0 saturated carbocycles. The SMILES string of the molecule is COC[C@H]1CCCN1C(=O)CC[C@H]1CNC(=O)[C@@H]2[C@@H](CCN2Cc2ccc(N(C)C)cc2)N1C. The van der Waals surface area contributed by atoms with E-state index in [4.69, 9.17) is 4.74 Å². The molecule has 3 aliphatic heterocycles. The van der Waals surface area contributed by atoms with Crippen molar-refractivity contribution in [2.75, 3.05) is 59.4 Å². The maximum Gasteiger partial charge on any atom is 0.239 e. The van der Waals surface area contributed by atoms with Gasteiger partial charge in [-0.15, -0.1) is 0 Å². The van der Waals surface area contributed by atoms with E-state index < -0.39 is 0 Å². The fourth-order valence-electron chi connectivity index (χ4n) is 5.92. The lowest BCUT2D eigenvalue weighted by atomic mass is 10.0. The lowest BCUT2D eigenvalue weighted by Gasteiger charge is -2.33. The van der Waals surface area contributed by atoms with E-state index in [0.717, 1.165) is 45.3 Å². The van der Waals surface area contributed by atoms with Gasteiger partial charge in [-0.3, -0.25) is 19.4 Å². The van der Waals surface area contributed by atoms with Gasteiger partial charge in [-0.05, 0) is 50.4 Å². The zero-order valence-electron chi connectivity index (χ0n) is 21.2. The Morgan fingerprint density at radius 1 is 1.15 bits per heavy atom. The van der Waals surface area contributed by atoms with Crippen LogP contribution in [0, 0.1) is 0 Å². The maximum atomic E-state index is 13.1. The molecule has 2 amide bonds. The van der Waals surface area contributed by atoms with Crippen molar-refractivity contribution in [1.29, 1.82) is 0 Å². The molecule has 1 aromatic rings. The molecule has 4 rings (SSSR count). The van der Waals surface area contributed by atoms with Crippen molar-refractivity contribution in [1.82, 2.24) is 20.0 Å². The monoisotopic (exact) mass is 471 g/mol. The normalized spacial score (nSPS) is 28.0. The number of likely N-dealkylation sites (tertiary alicyclic amines) is 2. The number of anilines is 1. The topological polar surface area (TPSA) is 68.4 Å². The predicted molar refractivity (Wildman–Crippen MR) is 134 cm³/mol. The van der Waals surface area contributed by atoms with Gasteiger partial charge in [0.15, 0.2) is 0 Å². The molecular weight excluding hydrogens is 430 g/mol. The highest BCUT2D eigenvalue weighted by atomic mass is 16.5. The lowest BCUT2D eigenvalue weighted by molar-refractivity contribution is -0.133. The second kappa shape index (κ2) is 11.1. The van der Waals surface area contributed by atoms with Crippen LogP contribution in [0.5, 0.6) is 0 Å². The molecular formula is C26H41N5O3. The van der Waals surface area contributed by atoms with E-state index in [1.807, 2.05) is 19.0 Å². The van der Waals surface area contributed by atoms with Gasteiger partial charge in [0, 0.05) is 71.6 Å². The summed E-state index contributed by atoms with van der Waals surface area (Å²) in [4.78, 5) is 34.8. The Labute approximate surface area is 204 Å². The summed E-state index contributed by atoms with van der Waals surface area (Å²) in [6.07, 6.45) is 4.33. The summed E-state index contributed by atoms with van der Waals surface area (Å²) in [6.45, 7) is 3.72. The molecule has 1 aromatic carbocycles. The number of hydrogen-bond donors (Lipinski definition) is 1. The van der Waals surface area contributed by atoms with E-state index in [-0.39, 0.29) is 36.0 Å². The van der Waals surface area contributed by atoms with Gasteiger partial charge in [0.05, 0.1) is 12.6 Å². The van der Waals surface area contributed by atoms with E-state index >= 15 is 0 Å². The van der Waals surface area contributed by atoms with Crippen molar-refractivity contribution in [3.63, 3.8) is 0 Å². The predicted octanol–water partition coefficient (Wildman–Crippen LogP) is 1.54. The molecule has 0 bridgehead atoms. The van der Waals surface area contributed by atoms with Crippen LogP contribution in [0.1, 0.15) is 37.7 Å². The average Bonchev–Trinajstić information content (AvgIpc) is 3.43. The number of likely N-dealkylation sites (N-methyl/N-ethyl adjacent to an activating group) is 1. The summed E-state index contributed by atoms with van der Waals surface area (Å²) in [6, 6.07) is 8.99. The second-order valence-corrected chi connectivity index (χ2v) is 10.3. The number of benzene rings is 1. The molecule has 1 N–H and O–H groups in total. The summed E-state index contributed by atoms with van der Waals surface area (Å²) in [7, 11) is 7.91. The summed E-state index contributed by atoms with van der Waals surface area (Å²) in [5.41, 5.74) is 2.40. The van der Waals surface area contributed by atoms with Crippen molar-refractivity contribution in [3.05, 3.63) is 29.8 Å². The molecule has 0 aromatic heterocycles. The van der Waals surface area contributed by atoms with Gasteiger partial charge < -0.3 is 19.9 Å². The second-order valence-electron chi connectivity index (χ2n) is 10.3. The first kappa shape index (κ1) is 24.9. The first-order valence-electron chi connectivity index (χ1n) is 12.7. The number of rotatable bonds is 8. The smallest absolute Gasteiger partial charge is 0.239 e. The molecule has 3 aliphatic rings. The quantitative estimate of drug-likeness (QED) is 0.621. The van der Waals surface area contributed by atoms with E-state index in [9.17, 15) is 9.59 Å². The molecule has 8 heteroatoms. The molecule has 34 heavy (non-hydrogen) atoms. The van der Waals surface area contributed by atoms with Gasteiger partial charge in [-0.1, -0.05) is 12.1 Å². The number of carbonyl (C=O) groups is 2. The molecule has 0 radical (unpaired) electrons. The Bertz CT molecular complexity index is 845. The van der Waals surface area contributed by atoms with Gasteiger partial charge in [0.25, 0.3) is 0 Å². The standard InChI is InChI=1S/C26H41N5O3/c1-28(2)20-9-7-19(8-10-20)17-30-15-13-23-25(30)26(33)27-16-21(29(23)3)11-12-24(32)31-14-5-6-22(31)18-34-4/h7-10,21-23,25H,5-6,11-18H2,1-4H3,(H,27,33)/t21-,22+,23+,25-/m0/s1. The van der Waals surface area contributed by atoms with E-state index in [1.165, 1.54) is 11.3 Å². The van der Waals surface area contributed by atoms with Crippen LogP contribution in [0.4, 0.5) is 5.69 Å². The summed E-state index contributed by atoms with van der Waals surface area (Å²) < 4.78 is 5.31. The average molecular weight is 472 g/mol. The van der Waals surface area contributed by atoms with Crippen LogP contribution in [-0.4, -0.2) is 105 Å². The summed E-state index contributed by atoms with van der Waals surface area (Å²) >= 11 is 0. The van der Waals surface area contributed by atoms with Gasteiger partial charge in [0.2, 0.25) is 11.8 Å². The van der Waals surface area contributed by atoms with Crippen LogP contribution < -0.4 is 10.2 Å². The molecule has 0 unspecified atom stereocenters. The van der Waals surface area contributed by atoms with Crippen molar-refractivity contribution in [2.45, 2.75) is 62.8 Å².